The summed E-state index contributed by atoms with van der Waals surface area (Å²) in [4.78, 5) is 54.5. The van der Waals surface area contributed by atoms with Gasteiger partial charge in [0.15, 0.2) is 0 Å². The van der Waals surface area contributed by atoms with Crippen molar-refractivity contribution in [3.05, 3.63) is 131 Å². The predicted octanol–water partition coefficient (Wildman–Crippen LogP) is 5.19. The van der Waals surface area contributed by atoms with Gasteiger partial charge in [0, 0.05) is 12.8 Å². The average Bonchev–Trinajstić information content (AvgIpc) is 3.32. The number of carbonyl (C=O) groups excluding carboxylic acids is 4. The summed E-state index contributed by atoms with van der Waals surface area (Å²) < 4.78 is 5.30. The first-order chi connectivity index (χ1) is 19.4. The number of ether oxygens (including phenoxy) is 1. The molecule has 0 fully saturated rings. The van der Waals surface area contributed by atoms with Crippen molar-refractivity contribution in [3.63, 3.8) is 0 Å². The van der Waals surface area contributed by atoms with Crippen LogP contribution < -0.4 is 11.0 Å². The highest BCUT2D eigenvalue weighted by Crippen LogP contribution is 2.44. The second-order valence-corrected chi connectivity index (χ2v) is 8.60. The largest absolute Gasteiger partial charge is 0.446 e. The number of rotatable bonds is 4. The Kier molecular flexibility index (Phi) is 9.23. The molecule has 0 heterocycles. The van der Waals surface area contributed by atoms with Crippen molar-refractivity contribution >= 4 is 23.9 Å². The quantitative estimate of drug-likeness (QED) is 0.271. The number of hydrogen-bond acceptors (Lipinski definition) is 7. The van der Waals surface area contributed by atoms with Crippen LogP contribution in [0.4, 0.5) is 4.79 Å². The molecular formula is C31H26N2O7. The van der Waals surface area contributed by atoms with E-state index < -0.39 is 23.9 Å². The van der Waals surface area contributed by atoms with Gasteiger partial charge in [0.2, 0.25) is 5.91 Å². The van der Waals surface area contributed by atoms with E-state index in [1.165, 1.54) is 6.92 Å². The van der Waals surface area contributed by atoms with Crippen molar-refractivity contribution in [2.75, 3.05) is 6.61 Å². The zero-order valence-corrected chi connectivity index (χ0v) is 21.5. The molecule has 0 radical (unpaired) electrons. The number of hydrogen-bond donors (Lipinski definition) is 2. The molecular weight excluding hydrogens is 512 g/mol. The number of fused-ring (bicyclic) bond motifs is 3. The van der Waals surface area contributed by atoms with Gasteiger partial charge < -0.3 is 14.4 Å². The first kappa shape index (κ1) is 27.6. The first-order valence-corrected chi connectivity index (χ1v) is 12.3. The third kappa shape index (κ3) is 7.11. The molecule has 5 rings (SSSR count). The van der Waals surface area contributed by atoms with Gasteiger partial charge in [0.25, 0.3) is 0 Å². The summed E-state index contributed by atoms with van der Waals surface area (Å²) in [6, 6.07) is 33.0. The molecule has 0 saturated heterocycles. The summed E-state index contributed by atoms with van der Waals surface area (Å²) in [6.07, 6.45) is -0.804. The molecule has 202 valence electrons. The fourth-order valence-electron chi connectivity index (χ4n) is 4.10. The van der Waals surface area contributed by atoms with Crippen molar-refractivity contribution in [2.24, 2.45) is 0 Å². The van der Waals surface area contributed by atoms with Gasteiger partial charge in [-0.3, -0.25) is 4.79 Å². The molecule has 0 bridgehead atoms. The highest BCUT2D eigenvalue weighted by atomic mass is 16.7. The van der Waals surface area contributed by atoms with Gasteiger partial charge in [-0.1, -0.05) is 84.9 Å². The van der Waals surface area contributed by atoms with Crippen LogP contribution in [-0.2, 0) is 19.2 Å². The number of nitrogens with one attached hydrogen (secondary N) is 2. The molecule has 9 heteroatoms. The van der Waals surface area contributed by atoms with Gasteiger partial charge >= 0.3 is 18.0 Å². The molecule has 40 heavy (non-hydrogen) atoms. The molecule has 2 N–H and O–H groups in total. The lowest BCUT2D eigenvalue weighted by Crippen LogP contribution is -2.29. The number of amides is 2. The molecule has 0 unspecified atom stereocenters. The van der Waals surface area contributed by atoms with Gasteiger partial charge in [-0.15, -0.1) is 5.48 Å². The minimum atomic E-state index is -0.804. The van der Waals surface area contributed by atoms with Gasteiger partial charge in [0.1, 0.15) is 6.61 Å². The Labute approximate surface area is 230 Å². The fourth-order valence-corrected chi connectivity index (χ4v) is 4.10. The standard InChI is InChI=1S/C22H17NO4.C9H9NO3/c24-21(15-8-2-1-3-9-15)27-23-22(25)26-14-20-18-12-6-4-10-16(18)17-11-5-7-13-19(17)20;1-7(11)10-13-9(12)8-5-3-2-4-6-8/h1-13,20H,14H2,(H,23,25);2-6H,1H3,(H,10,11). The highest BCUT2D eigenvalue weighted by Gasteiger charge is 2.29. The Hall–Kier alpha value is -5.44. The fraction of sp³-hybridized carbons (Fsp3) is 0.0968. The minimum Gasteiger partial charge on any atom is -0.446 e. The molecule has 9 nitrogen and oxygen atoms in total. The van der Waals surface area contributed by atoms with Crippen LogP contribution in [0.25, 0.3) is 11.1 Å². The maximum atomic E-state index is 11.9. The van der Waals surface area contributed by atoms with Crippen molar-refractivity contribution in [1.29, 1.82) is 0 Å². The first-order valence-electron chi connectivity index (χ1n) is 12.3. The lowest BCUT2D eigenvalue weighted by molar-refractivity contribution is -0.127. The van der Waals surface area contributed by atoms with Gasteiger partial charge in [0.05, 0.1) is 11.1 Å². The Morgan fingerprint density at radius 2 is 1.02 bits per heavy atom. The van der Waals surface area contributed by atoms with E-state index in [4.69, 9.17) is 9.57 Å². The van der Waals surface area contributed by atoms with Gasteiger partial charge in [-0.25, -0.2) is 14.4 Å². The third-order valence-electron chi connectivity index (χ3n) is 5.88. The van der Waals surface area contributed by atoms with Crippen LogP contribution in [-0.4, -0.2) is 30.5 Å². The Morgan fingerprint density at radius 1 is 0.600 bits per heavy atom. The van der Waals surface area contributed by atoms with E-state index >= 15 is 0 Å². The number of carbonyl (C=O) groups is 4. The van der Waals surface area contributed by atoms with Crippen LogP contribution in [0.2, 0.25) is 0 Å². The molecule has 1 aliphatic carbocycles. The second kappa shape index (κ2) is 13.4. The van der Waals surface area contributed by atoms with Crippen LogP contribution in [0, 0.1) is 0 Å². The van der Waals surface area contributed by atoms with Crippen LogP contribution in [0.15, 0.2) is 109 Å². The number of benzene rings is 4. The van der Waals surface area contributed by atoms with Crippen LogP contribution in [0.3, 0.4) is 0 Å². The van der Waals surface area contributed by atoms with Crippen molar-refractivity contribution in [1.82, 2.24) is 11.0 Å². The van der Waals surface area contributed by atoms with Gasteiger partial charge in [-0.2, -0.15) is 5.48 Å². The summed E-state index contributed by atoms with van der Waals surface area (Å²) in [7, 11) is 0. The van der Waals surface area contributed by atoms with E-state index in [1.807, 2.05) is 47.4 Å². The molecule has 2 amide bonds. The zero-order valence-electron chi connectivity index (χ0n) is 21.5. The maximum Gasteiger partial charge on any atom is 0.440 e. The number of hydroxylamine groups is 2. The Bertz CT molecular complexity index is 1440. The smallest absolute Gasteiger partial charge is 0.440 e. The zero-order chi connectivity index (χ0) is 28.3. The summed E-state index contributed by atoms with van der Waals surface area (Å²) in [6.45, 7) is 1.42. The summed E-state index contributed by atoms with van der Waals surface area (Å²) in [5.41, 5.74) is 9.28. The monoisotopic (exact) mass is 538 g/mol. The van der Waals surface area contributed by atoms with Gasteiger partial charge in [-0.05, 0) is 46.5 Å². The summed E-state index contributed by atoms with van der Waals surface area (Å²) in [5, 5.41) is 0. The molecule has 0 saturated carbocycles. The molecule has 0 aliphatic heterocycles. The summed E-state index contributed by atoms with van der Waals surface area (Å²) >= 11 is 0. The van der Waals surface area contributed by atoms with Crippen LogP contribution >= 0.6 is 0 Å². The third-order valence-corrected chi connectivity index (χ3v) is 5.88. The summed E-state index contributed by atoms with van der Waals surface area (Å²) in [5.74, 6) is -1.68. The minimum absolute atomic E-state index is 0.0482. The molecule has 0 aromatic heterocycles. The van der Waals surface area contributed by atoms with E-state index in [0.29, 0.717) is 11.1 Å². The predicted molar refractivity (Wildman–Crippen MR) is 146 cm³/mol. The molecule has 0 atom stereocenters. The van der Waals surface area contributed by atoms with E-state index in [0.717, 1.165) is 22.3 Å². The van der Waals surface area contributed by atoms with Crippen molar-refractivity contribution in [3.8, 4) is 11.1 Å². The molecule has 0 spiro atoms. The van der Waals surface area contributed by atoms with E-state index in [-0.39, 0.29) is 12.5 Å². The van der Waals surface area contributed by atoms with E-state index in [9.17, 15) is 19.2 Å². The second-order valence-electron chi connectivity index (χ2n) is 8.60. The normalized spacial score (nSPS) is 11.0. The van der Waals surface area contributed by atoms with Crippen LogP contribution in [0.5, 0.6) is 0 Å². The van der Waals surface area contributed by atoms with E-state index in [1.54, 1.807) is 60.7 Å². The Balaban J connectivity index is 0.000000240. The molecule has 4 aromatic carbocycles. The van der Waals surface area contributed by atoms with Crippen molar-refractivity contribution in [2.45, 2.75) is 12.8 Å². The van der Waals surface area contributed by atoms with E-state index in [2.05, 4.69) is 17.0 Å². The molecule has 1 aliphatic rings. The lowest BCUT2D eigenvalue weighted by atomic mass is 9.98. The lowest BCUT2D eigenvalue weighted by Gasteiger charge is -2.14. The maximum absolute atomic E-state index is 11.9. The van der Waals surface area contributed by atoms with Crippen molar-refractivity contribution < 1.29 is 33.6 Å². The SMILES string of the molecule is CC(=O)NOC(=O)c1ccccc1.O=C(NOC(=O)c1ccccc1)OCC1c2ccccc2-c2ccccc21. The Morgan fingerprint density at radius 3 is 1.50 bits per heavy atom. The van der Waals surface area contributed by atoms with Crippen LogP contribution in [0.1, 0.15) is 44.7 Å². The average molecular weight is 539 g/mol. The highest BCUT2D eigenvalue weighted by molar-refractivity contribution is 5.90. The topological polar surface area (TPSA) is 120 Å². The molecule has 4 aromatic rings.